The molecule has 0 aromatic rings. The lowest BCUT2D eigenvalue weighted by atomic mass is 9.63. The molecule has 0 aromatic carbocycles. The Labute approximate surface area is 42.1 Å². The van der Waals surface area contributed by atoms with Crippen molar-refractivity contribution in [2.24, 2.45) is 0 Å². The first kappa shape index (κ1) is 6.15. The molecule has 0 unspecified atom stereocenters. The van der Waals surface area contributed by atoms with Gasteiger partial charge in [0, 0.05) is 0 Å². The van der Waals surface area contributed by atoms with Crippen LogP contribution in [0.15, 0.2) is 0 Å². The van der Waals surface area contributed by atoms with Crippen LogP contribution in [-0.4, -0.2) is 29.0 Å². The molecule has 1 N–H and O–H groups in total. The molecule has 4 heteroatoms. The van der Waals surface area contributed by atoms with E-state index < -0.39 is 5.34 Å². The van der Waals surface area contributed by atoms with Crippen LogP contribution < -0.4 is 5.23 Å². The van der Waals surface area contributed by atoms with Crippen molar-refractivity contribution in [3.05, 3.63) is 0 Å². The molecule has 6 heavy (non-hydrogen) atoms. The van der Waals surface area contributed by atoms with E-state index in [1.165, 1.54) is 0 Å². The van der Waals surface area contributed by atoms with Gasteiger partial charge in [0.25, 0.3) is 0 Å². The molecule has 0 aliphatic heterocycles. The van der Waals surface area contributed by atoms with Crippen LogP contribution >= 0.6 is 0 Å². The first-order chi connectivity index (χ1) is 2.56. The van der Waals surface area contributed by atoms with Crippen LogP contribution in [-0.2, 0) is 0 Å². The lowest BCUT2D eigenvalue weighted by molar-refractivity contribution is 0.840. The van der Waals surface area contributed by atoms with Gasteiger partial charge >= 0.3 is 0 Å². The molecule has 0 aliphatic carbocycles. The molecular weight excluding hydrogens is 70.5 g/mol. The van der Waals surface area contributed by atoms with Gasteiger partial charge in [0.1, 0.15) is 0 Å². The van der Waals surface area contributed by atoms with E-state index in [-0.39, 0.29) is 0 Å². The molecule has 0 heterocycles. The third kappa shape index (κ3) is 4.15. The van der Waals surface area contributed by atoms with Crippen molar-refractivity contribution in [2.75, 3.05) is 0 Å². The summed E-state index contributed by atoms with van der Waals surface area (Å²) in [5, 5.41) is 1.23. The highest BCUT2D eigenvalue weighted by Gasteiger charge is 2.00. The van der Waals surface area contributed by atoms with E-state index in [1.807, 2.05) is 0 Å². The van der Waals surface area contributed by atoms with Crippen molar-refractivity contribution < 1.29 is 0 Å². The zero-order valence-corrected chi connectivity index (χ0v) is 3.73. The van der Waals surface area contributed by atoms with Crippen molar-refractivity contribution >= 4 is 23.7 Å². The fourth-order valence-electron chi connectivity index (χ4n) is 0. The number of nitrogens with one attached hydrogen (secondary N) is 1. The molecule has 0 aromatic heterocycles. The van der Waals surface area contributed by atoms with Gasteiger partial charge in [0.05, 0.1) is 15.7 Å². The molecular formula is C2H4B3N. The topological polar surface area (TPSA) is 12.0 Å². The first-order valence-electron chi connectivity index (χ1n) is 1.62. The third-order valence-corrected chi connectivity index (χ3v) is 0.311. The Kier molecular flexibility index (Phi) is 1.78. The van der Waals surface area contributed by atoms with Crippen molar-refractivity contribution in [1.82, 2.24) is 5.23 Å². The highest BCUT2D eigenvalue weighted by atomic mass is 14.8. The van der Waals surface area contributed by atoms with Gasteiger partial charge in [0.2, 0.25) is 0 Å². The second-order valence-corrected chi connectivity index (χ2v) is 1.43. The van der Waals surface area contributed by atoms with E-state index in [1.54, 1.807) is 6.92 Å². The smallest absolute Gasteiger partial charge is 0.176 e. The summed E-state index contributed by atoms with van der Waals surface area (Å²) in [5.41, 5.74) is 0. The molecule has 26 valence electrons. The molecule has 0 spiro atoms. The van der Waals surface area contributed by atoms with Gasteiger partial charge < -0.3 is 5.23 Å². The molecule has 0 saturated heterocycles. The Morgan fingerprint density at radius 3 is 1.67 bits per heavy atom. The molecule has 6 radical (unpaired) electrons. The molecule has 0 aliphatic rings. The molecule has 0 atom stereocenters. The maximum atomic E-state index is 5.08. The maximum absolute atomic E-state index is 5.08. The SMILES string of the molecule is [B]NC([B])([B])C. The van der Waals surface area contributed by atoms with Crippen LogP contribution in [0, 0.1) is 0 Å². The van der Waals surface area contributed by atoms with Crippen LogP contribution in [0.2, 0.25) is 0 Å². The van der Waals surface area contributed by atoms with Crippen molar-refractivity contribution in [3.63, 3.8) is 0 Å². The lowest BCUT2D eigenvalue weighted by Gasteiger charge is -2.17. The van der Waals surface area contributed by atoms with Gasteiger partial charge in [-0.05, 0) is 0 Å². The summed E-state index contributed by atoms with van der Waals surface area (Å²) in [6.07, 6.45) is 0. The summed E-state index contributed by atoms with van der Waals surface area (Å²) in [6.45, 7) is 1.56. The lowest BCUT2D eigenvalue weighted by Crippen LogP contribution is -2.41. The molecule has 1 nitrogen and oxygen atoms in total. The van der Waals surface area contributed by atoms with Crippen molar-refractivity contribution in [1.29, 1.82) is 0 Å². The van der Waals surface area contributed by atoms with Gasteiger partial charge in [-0.2, -0.15) is 0 Å². The summed E-state index contributed by atoms with van der Waals surface area (Å²) in [4.78, 5) is 0. The first-order valence-corrected chi connectivity index (χ1v) is 1.62. The van der Waals surface area contributed by atoms with E-state index in [0.717, 1.165) is 0 Å². The Bertz CT molecular complexity index is 38.5. The molecule has 0 fully saturated rings. The highest BCUT2D eigenvalue weighted by molar-refractivity contribution is 6.41. The van der Waals surface area contributed by atoms with E-state index in [4.69, 9.17) is 23.7 Å². The Balaban J connectivity index is 3.17. The normalized spacial score (nSPS) is 11.5. The quantitative estimate of drug-likeness (QED) is 0.380. The number of hydrogen-bond acceptors (Lipinski definition) is 1. The zero-order chi connectivity index (χ0) is 5.21. The summed E-state index contributed by atoms with van der Waals surface area (Å²) in [7, 11) is 15.0. The number of rotatable bonds is 1. The zero-order valence-electron chi connectivity index (χ0n) is 3.73. The highest BCUT2D eigenvalue weighted by Crippen LogP contribution is 1.80. The van der Waals surface area contributed by atoms with Crippen LogP contribution in [0.4, 0.5) is 0 Å². The van der Waals surface area contributed by atoms with Crippen molar-refractivity contribution in [2.45, 2.75) is 12.3 Å². The monoisotopic (exact) mass is 75.1 g/mol. The standard InChI is InChI=1S/C2H4B3N/c1-2(3,4)6-5/h6H,1H3. The minimum atomic E-state index is -0.931. The number of hydrogen-bond donors (Lipinski definition) is 1. The van der Waals surface area contributed by atoms with E-state index in [9.17, 15) is 0 Å². The van der Waals surface area contributed by atoms with E-state index in [2.05, 4.69) is 5.23 Å². The van der Waals surface area contributed by atoms with Crippen LogP contribution in [0.3, 0.4) is 0 Å². The fourth-order valence-corrected chi connectivity index (χ4v) is 0. The van der Waals surface area contributed by atoms with Gasteiger partial charge in [-0.3, -0.25) is 0 Å². The maximum Gasteiger partial charge on any atom is 0.176 e. The van der Waals surface area contributed by atoms with Gasteiger partial charge in [-0.1, -0.05) is 12.3 Å². The Morgan fingerprint density at radius 1 is 1.50 bits per heavy atom. The second-order valence-electron chi connectivity index (χ2n) is 1.43. The predicted molar refractivity (Wildman–Crippen MR) is 28.8 cm³/mol. The molecule has 0 saturated carbocycles. The minimum absolute atomic E-state index is 0.931. The van der Waals surface area contributed by atoms with Crippen LogP contribution in [0.1, 0.15) is 6.92 Å². The van der Waals surface area contributed by atoms with Gasteiger partial charge in [0.15, 0.2) is 7.98 Å². The van der Waals surface area contributed by atoms with Gasteiger partial charge in [-0.15, -0.1) is 0 Å². The molecule has 0 rings (SSSR count). The minimum Gasteiger partial charge on any atom is -0.376 e. The average molecular weight is 74.5 g/mol. The third-order valence-electron chi connectivity index (χ3n) is 0.311. The second kappa shape index (κ2) is 1.74. The summed E-state index contributed by atoms with van der Waals surface area (Å²) < 4.78 is 0. The predicted octanol–water partition coefficient (Wildman–Crippen LogP) is -1.33. The molecule has 0 bridgehead atoms. The summed E-state index contributed by atoms with van der Waals surface area (Å²) in [6, 6.07) is 0. The van der Waals surface area contributed by atoms with Gasteiger partial charge in [-0.25, -0.2) is 0 Å². The Morgan fingerprint density at radius 2 is 1.67 bits per heavy atom. The van der Waals surface area contributed by atoms with Crippen molar-refractivity contribution in [3.8, 4) is 0 Å². The summed E-state index contributed by atoms with van der Waals surface area (Å²) in [5.74, 6) is 0. The Hall–Kier alpha value is 0.155. The summed E-state index contributed by atoms with van der Waals surface area (Å²) >= 11 is 0. The fraction of sp³-hybridized carbons (Fsp3) is 1.00. The van der Waals surface area contributed by atoms with Crippen LogP contribution in [0.5, 0.6) is 0 Å². The largest absolute Gasteiger partial charge is 0.376 e. The van der Waals surface area contributed by atoms with E-state index >= 15 is 0 Å². The average Bonchev–Trinajstić information content (AvgIpc) is 1.35. The molecule has 0 amide bonds. The van der Waals surface area contributed by atoms with Crippen LogP contribution in [0.25, 0.3) is 0 Å². The van der Waals surface area contributed by atoms with E-state index in [0.29, 0.717) is 0 Å².